The molecule has 3 nitrogen and oxygen atoms in total. The average Bonchev–Trinajstić information content (AvgIpc) is 2.56. The van der Waals surface area contributed by atoms with E-state index >= 15 is 0 Å². The minimum absolute atomic E-state index is 0.00249. The summed E-state index contributed by atoms with van der Waals surface area (Å²) in [6.07, 6.45) is 0.745. The van der Waals surface area contributed by atoms with Crippen molar-refractivity contribution in [1.82, 2.24) is 4.90 Å². The van der Waals surface area contributed by atoms with Crippen molar-refractivity contribution in [2.24, 2.45) is 0 Å². The first-order valence-electron chi connectivity index (χ1n) is 8.23. The Balaban J connectivity index is 1.68. The van der Waals surface area contributed by atoms with Crippen LogP contribution in [0.15, 0.2) is 36.4 Å². The van der Waals surface area contributed by atoms with Crippen molar-refractivity contribution < 1.29 is 13.9 Å². The lowest BCUT2D eigenvalue weighted by Gasteiger charge is -2.35. The van der Waals surface area contributed by atoms with Gasteiger partial charge < -0.3 is 9.64 Å². The molecule has 0 aromatic heterocycles. The minimum Gasteiger partial charge on any atom is -0.484 e. The van der Waals surface area contributed by atoms with Gasteiger partial charge in [0.1, 0.15) is 11.6 Å². The number of carbonyl (C=O) groups is 1. The van der Waals surface area contributed by atoms with Gasteiger partial charge in [0.05, 0.1) is 6.04 Å². The van der Waals surface area contributed by atoms with Gasteiger partial charge in [-0.05, 0) is 73.7 Å². The normalized spacial score (nSPS) is 16.7. The quantitative estimate of drug-likeness (QED) is 0.854. The van der Waals surface area contributed by atoms with E-state index in [1.807, 2.05) is 45.0 Å². The van der Waals surface area contributed by atoms with Gasteiger partial charge in [-0.1, -0.05) is 12.1 Å². The minimum atomic E-state index is -0.263. The fourth-order valence-electron chi connectivity index (χ4n) is 3.16. The molecule has 0 fully saturated rings. The van der Waals surface area contributed by atoms with E-state index in [-0.39, 0.29) is 24.4 Å². The van der Waals surface area contributed by atoms with Gasteiger partial charge in [-0.25, -0.2) is 4.39 Å². The van der Waals surface area contributed by atoms with Crippen LogP contribution < -0.4 is 4.74 Å². The predicted molar refractivity (Wildman–Crippen MR) is 91.6 cm³/mol. The number of hydrogen-bond acceptors (Lipinski definition) is 2. The topological polar surface area (TPSA) is 29.5 Å². The summed E-state index contributed by atoms with van der Waals surface area (Å²) in [5.74, 6) is 0.361. The lowest BCUT2D eigenvalue weighted by Crippen LogP contribution is -2.41. The molecule has 1 atom stereocenters. The van der Waals surface area contributed by atoms with Crippen LogP contribution in [0, 0.1) is 19.7 Å². The summed E-state index contributed by atoms with van der Waals surface area (Å²) in [5, 5.41) is 0. The lowest BCUT2D eigenvalue weighted by molar-refractivity contribution is -0.136. The van der Waals surface area contributed by atoms with Crippen LogP contribution in [-0.4, -0.2) is 24.0 Å². The Kier molecular flexibility index (Phi) is 4.56. The maximum absolute atomic E-state index is 13.5. The van der Waals surface area contributed by atoms with E-state index in [1.54, 1.807) is 4.90 Å². The standard InChI is InChI=1S/C20H22FNO2/c1-13-4-7-18(10-14(13)2)24-12-20(23)22-9-8-16-5-6-17(21)11-19(16)15(22)3/h4-7,10-11,15H,8-9,12H2,1-3H3. The third-order valence-corrected chi connectivity index (χ3v) is 4.81. The molecular formula is C20H22FNO2. The Bertz CT molecular complexity index is 772. The van der Waals surface area contributed by atoms with E-state index in [2.05, 4.69) is 0 Å². The highest BCUT2D eigenvalue weighted by Gasteiger charge is 2.28. The number of aryl methyl sites for hydroxylation is 2. The number of fused-ring (bicyclic) bond motifs is 1. The third-order valence-electron chi connectivity index (χ3n) is 4.81. The van der Waals surface area contributed by atoms with Crippen LogP contribution in [-0.2, 0) is 11.2 Å². The highest BCUT2D eigenvalue weighted by atomic mass is 19.1. The molecule has 3 rings (SSSR count). The van der Waals surface area contributed by atoms with Gasteiger partial charge in [0.15, 0.2) is 6.61 Å². The Morgan fingerprint density at radius 1 is 1.21 bits per heavy atom. The molecule has 126 valence electrons. The molecule has 1 unspecified atom stereocenters. The summed E-state index contributed by atoms with van der Waals surface area (Å²) in [7, 11) is 0. The monoisotopic (exact) mass is 327 g/mol. The maximum Gasteiger partial charge on any atom is 0.261 e. The van der Waals surface area contributed by atoms with Gasteiger partial charge in [0, 0.05) is 6.54 Å². The number of carbonyl (C=O) groups excluding carboxylic acids is 1. The molecule has 24 heavy (non-hydrogen) atoms. The van der Waals surface area contributed by atoms with Gasteiger partial charge in [-0.2, -0.15) is 0 Å². The van der Waals surface area contributed by atoms with Crippen molar-refractivity contribution in [3.8, 4) is 5.75 Å². The number of benzene rings is 2. The molecule has 0 N–H and O–H groups in total. The SMILES string of the molecule is Cc1ccc(OCC(=O)N2CCc3ccc(F)cc3C2C)cc1C. The zero-order chi connectivity index (χ0) is 17.3. The fraction of sp³-hybridized carbons (Fsp3) is 0.350. The first kappa shape index (κ1) is 16.5. The van der Waals surface area contributed by atoms with Crippen molar-refractivity contribution in [1.29, 1.82) is 0 Å². The van der Waals surface area contributed by atoms with Crippen molar-refractivity contribution in [2.45, 2.75) is 33.2 Å². The van der Waals surface area contributed by atoms with E-state index < -0.39 is 0 Å². The van der Waals surface area contributed by atoms with Crippen LogP contribution in [0.1, 0.15) is 35.2 Å². The molecule has 0 radical (unpaired) electrons. The largest absolute Gasteiger partial charge is 0.484 e. The second-order valence-electron chi connectivity index (χ2n) is 6.39. The zero-order valence-electron chi connectivity index (χ0n) is 14.3. The van der Waals surface area contributed by atoms with Crippen LogP contribution in [0.4, 0.5) is 4.39 Å². The molecular weight excluding hydrogens is 305 g/mol. The summed E-state index contributed by atoms with van der Waals surface area (Å²) < 4.78 is 19.2. The van der Waals surface area contributed by atoms with Gasteiger partial charge in [-0.3, -0.25) is 4.79 Å². The molecule has 1 amide bonds. The van der Waals surface area contributed by atoms with Crippen molar-refractivity contribution >= 4 is 5.91 Å². The van der Waals surface area contributed by atoms with E-state index in [4.69, 9.17) is 4.74 Å². The van der Waals surface area contributed by atoms with Gasteiger partial charge in [0.25, 0.3) is 5.91 Å². The van der Waals surface area contributed by atoms with Gasteiger partial charge in [0.2, 0.25) is 0 Å². The second-order valence-corrected chi connectivity index (χ2v) is 6.39. The smallest absolute Gasteiger partial charge is 0.261 e. The first-order chi connectivity index (χ1) is 11.5. The van der Waals surface area contributed by atoms with Crippen LogP contribution in [0.2, 0.25) is 0 Å². The summed E-state index contributed by atoms with van der Waals surface area (Å²) in [5.41, 5.74) is 4.33. The molecule has 2 aromatic rings. The Morgan fingerprint density at radius 3 is 2.75 bits per heavy atom. The summed E-state index contributed by atoms with van der Waals surface area (Å²) in [6, 6.07) is 10.5. The molecule has 0 bridgehead atoms. The number of ether oxygens (including phenoxy) is 1. The Hall–Kier alpha value is -2.36. The summed E-state index contributed by atoms with van der Waals surface area (Å²) >= 11 is 0. The maximum atomic E-state index is 13.5. The molecule has 0 aliphatic carbocycles. The highest BCUT2D eigenvalue weighted by molar-refractivity contribution is 5.78. The van der Waals surface area contributed by atoms with E-state index in [1.165, 1.54) is 17.7 Å². The third kappa shape index (κ3) is 3.28. The molecule has 1 heterocycles. The van der Waals surface area contributed by atoms with Crippen LogP contribution >= 0.6 is 0 Å². The Labute approximate surface area is 142 Å². The molecule has 0 saturated carbocycles. The molecule has 0 saturated heterocycles. The van der Waals surface area contributed by atoms with Gasteiger partial charge >= 0.3 is 0 Å². The van der Waals surface area contributed by atoms with Crippen LogP contribution in [0.5, 0.6) is 5.75 Å². The van der Waals surface area contributed by atoms with Crippen molar-refractivity contribution in [3.63, 3.8) is 0 Å². The number of amides is 1. The predicted octanol–water partition coefficient (Wildman–Crippen LogP) is 3.97. The van der Waals surface area contributed by atoms with E-state index in [0.717, 1.165) is 23.1 Å². The fourth-order valence-corrected chi connectivity index (χ4v) is 3.16. The molecule has 1 aliphatic heterocycles. The first-order valence-corrected chi connectivity index (χ1v) is 8.23. The van der Waals surface area contributed by atoms with Crippen molar-refractivity contribution in [2.75, 3.05) is 13.2 Å². The van der Waals surface area contributed by atoms with Crippen LogP contribution in [0.3, 0.4) is 0 Å². The van der Waals surface area contributed by atoms with Crippen molar-refractivity contribution in [3.05, 3.63) is 64.5 Å². The van der Waals surface area contributed by atoms with E-state index in [0.29, 0.717) is 12.3 Å². The Morgan fingerprint density at radius 2 is 2.00 bits per heavy atom. The highest BCUT2D eigenvalue weighted by Crippen LogP contribution is 2.30. The molecule has 2 aromatic carbocycles. The number of hydrogen-bond donors (Lipinski definition) is 0. The summed E-state index contributed by atoms with van der Waals surface area (Å²) in [4.78, 5) is 14.3. The molecule has 1 aliphatic rings. The van der Waals surface area contributed by atoms with E-state index in [9.17, 15) is 9.18 Å². The zero-order valence-corrected chi connectivity index (χ0v) is 14.3. The van der Waals surface area contributed by atoms with Gasteiger partial charge in [-0.15, -0.1) is 0 Å². The number of nitrogens with zero attached hydrogens (tertiary/aromatic N) is 1. The number of halogens is 1. The summed E-state index contributed by atoms with van der Waals surface area (Å²) in [6.45, 7) is 6.62. The average molecular weight is 327 g/mol. The van der Waals surface area contributed by atoms with Crippen LogP contribution in [0.25, 0.3) is 0 Å². The number of rotatable bonds is 3. The molecule has 0 spiro atoms. The second kappa shape index (κ2) is 6.63. The molecule has 4 heteroatoms. The lowest BCUT2D eigenvalue weighted by atomic mass is 9.93.